The zero-order valence-electron chi connectivity index (χ0n) is 19.4. The van der Waals surface area contributed by atoms with Gasteiger partial charge in [-0.15, -0.1) is 0 Å². The summed E-state index contributed by atoms with van der Waals surface area (Å²) in [4.78, 5) is 24.7. The summed E-state index contributed by atoms with van der Waals surface area (Å²) in [5.74, 6) is -1.33. The van der Waals surface area contributed by atoms with Crippen molar-refractivity contribution in [1.82, 2.24) is 19.4 Å². The van der Waals surface area contributed by atoms with E-state index in [1.54, 1.807) is 12.3 Å². The van der Waals surface area contributed by atoms with Crippen LogP contribution in [0.2, 0.25) is 0 Å². The van der Waals surface area contributed by atoms with Gasteiger partial charge in [0.25, 0.3) is 5.56 Å². The van der Waals surface area contributed by atoms with Crippen molar-refractivity contribution < 1.29 is 8.78 Å². The van der Waals surface area contributed by atoms with Crippen LogP contribution in [0.5, 0.6) is 0 Å². The number of fused-ring (bicyclic) bond motifs is 1. The van der Waals surface area contributed by atoms with E-state index in [2.05, 4.69) is 34.3 Å². The van der Waals surface area contributed by atoms with E-state index < -0.39 is 17.3 Å². The number of nitrogens with one attached hydrogen (secondary N) is 1. The fraction of sp³-hybridized carbons (Fsp3) is 0.458. The minimum absolute atomic E-state index is 0.125. The molecular weight excluding hydrogens is 426 g/mol. The SMILES string of the molecule is CC(C)n1c(=O)c(-c2cc(F)c(N)c(F)c2)cc2cnc(N[C@H]3CC[C@H](N(C)C)CC3)nc21. The van der Waals surface area contributed by atoms with Gasteiger partial charge in [0.2, 0.25) is 5.95 Å². The lowest BCUT2D eigenvalue weighted by molar-refractivity contribution is 0.221. The molecule has 0 amide bonds. The molecule has 33 heavy (non-hydrogen) atoms. The van der Waals surface area contributed by atoms with Crippen molar-refractivity contribution in [2.45, 2.75) is 57.7 Å². The third kappa shape index (κ3) is 4.55. The monoisotopic (exact) mass is 456 g/mol. The third-order valence-electron chi connectivity index (χ3n) is 6.44. The van der Waals surface area contributed by atoms with E-state index in [-0.39, 0.29) is 28.8 Å². The van der Waals surface area contributed by atoms with Gasteiger partial charge in [-0.25, -0.2) is 13.8 Å². The van der Waals surface area contributed by atoms with E-state index >= 15 is 0 Å². The lowest BCUT2D eigenvalue weighted by Crippen LogP contribution is -2.36. The molecule has 7 nitrogen and oxygen atoms in total. The van der Waals surface area contributed by atoms with Gasteiger partial charge in [-0.3, -0.25) is 9.36 Å². The molecular formula is C24H30F2N6O. The Morgan fingerprint density at radius 1 is 1.12 bits per heavy atom. The van der Waals surface area contributed by atoms with Crippen LogP contribution in [0.15, 0.2) is 29.2 Å². The molecule has 1 fully saturated rings. The average Bonchev–Trinajstić information content (AvgIpc) is 2.76. The van der Waals surface area contributed by atoms with E-state index in [9.17, 15) is 13.6 Å². The number of nitrogens with two attached hydrogens (primary N) is 1. The van der Waals surface area contributed by atoms with Gasteiger partial charge in [-0.1, -0.05) is 0 Å². The average molecular weight is 457 g/mol. The number of benzene rings is 1. The summed E-state index contributed by atoms with van der Waals surface area (Å²) in [5, 5.41) is 4.03. The molecule has 3 N–H and O–H groups in total. The molecule has 0 aliphatic heterocycles. The number of pyridine rings is 1. The number of aromatic nitrogens is 3. The molecule has 2 heterocycles. The molecule has 176 valence electrons. The summed E-state index contributed by atoms with van der Waals surface area (Å²) in [7, 11) is 4.22. The van der Waals surface area contributed by atoms with Gasteiger partial charge in [0, 0.05) is 35.3 Å². The Bertz CT molecular complexity index is 1210. The van der Waals surface area contributed by atoms with E-state index in [0.29, 0.717) is 23.0 Å². The highest BCUT2D eigenvalue weighted by Gasteiger charge is 2.23. The Balaban J connectivity index is 1.72. The predicted molar refractivity (Wildman–Crippen MR) is 127 cm³/mol. The third-order valence-corrected chi connectivity index (χ3v) is 6.44. The first-order valence-electron chi connectivity index (χ1n) is 11.3. The Morgan fingerprint density at radius 2 is 1.76 bits per heavy atom. The second-order valence-corrected chi connectivity index (χ2v) is 9.27. The highest BCUT2D eigenvalue weighted by atomic mass is 19.1. The fourth-order valence-corrected chi connectivity index (χ4v) is 4.53. The molecule has 3 aromatic rings. The van der Waals surface area contributed by atoms with Crippen molar-refractivity contribution in [3.63, 3.8) is 0 Å². The van der Waals surface area contributed by atoms with Crippen molar-refractivity contribution in [2.75, 3.05) is 25.1 Å². The maximum atomic E-state index is 14.1. The first-order valence-corrected chi connectivity index (χ1v) is 11.3. The van der Waals surface area contributed by atoms with Crippen molar-refractivity contribution >= 4 is 22.7 Å². The smallest absolute Gasteiger partial charge is 0.260 e. The second kappa shape index (κ2) is 9.05. The predicted octanol–water partition coefficient (Wildman–Crippen LogP) is 4.18. The molecule has 0 unspecified atom stereocenters. The number of rotatable bonds is 5. The Morgan fingerprint density at radius 3 is 2.33 bits per heavy atom. The number of nitrogen functional groups attached to an aromatic ring is 1. The maximum Gasteiger partial charge on any atom is 0.260 e. The van der Waals surface area contributed by atoms with Gasteiger partial charge in [0.15, 0.2) is 0 Å². The molecule has 0 spiro atoms. The number of nitrogens with zero attached hydrogens (tertiary/aromatic N) is 4. The molecule has 0 atom stereocenters. The molecule has 0 saturated heterocycles. The van der Waals surface area contributed by atoms with Crippen molar-refractivity contribution in [1.29, 1.82) is 0 Å². The van der Waals surface area contributed by atoms with Gasteiger partial charge < -0.3 is 16.0 Å². The Kier molecular flexibility index (Phi) is 6.34. The van der Waals surface area contributed by atoms with Crippen LogP contribution >= 0.6 is 0 Å². The molecule has 0 bridgehead atoms. The van der Waals surface area contributed by atoms with E-state index in [1.165, 1.54) is 4.57 Å². The van der Waals surface area contributed by atoms with Crippen molar-refractivity contribution in [3.05, 3.63) is 46.4 Å². The van der Waals surface area contributed by atoms with Crippen LogP contribution < -0.4 is 16.6 Å². The summed E-state index contributed by atoms with van der Waals surface area (Å²) in [6.07, 6.45) is 5.89. The highest BCUT2D eigenvalue weighted by Crippen LogP contribution is 2.28. The van der Waals surface area contributed by atoms with Crippen LogP contribution in [0, 0.1) is 11.6 Å². The van der Waals surface area contributed by atoms with Gasteiger partial charge in [0.05, 0.1) is 0 Å². The Labute approximate surface area is 191 Å². The zero-order valence-corrected chi connectivity index (χ0v) is 19.4. The topological polar surface area (TPSA) is 89.1 Å². The second-order valence-electron chi connectivity index (χ2n) is 9.27. The molecule has 1 aromatic carbocycles. The number of anilines is 2. The Hall–Kier alpha value is -3.07. The van der Waals surface area contributed by atoms with Crippen LogP contribution in [0.1, 0.15) is 45.6 Å². The molecule has 1 saturated carbocycles. The number of hydrogen-bond donors (Lipinski definition) is 2. The summed E-state index contributed by atoms with van der Waals surface area (Å²) in [5.41, 5.74) is 5.22. The molecule has 1 aliphatic carbocycles. The standard InChI is InChI=1S/C24H30F2N6O/c1-13(2)32-22-15(9-18(23(32)33)14-10-19(25)21(27)20(26)11-14)12-28-24(30-22)29-16-5-7-17(8-6-16)31(3)4/h9-13,16-17H,5-8,27H2,1-4H3,(H,28,29,30)/t16-,17-. The van der Waals surface area contributed by atoms with E-state index in [0.717, 1.165) is 37.8 Å². The normalized spacial score (nSPS) is 18.9. The molecule has 4 rings (SSSR count). The zero-order chi connectivity index (χ0) is 23.9. The fourth-order valence-electron chi connectivity index (χ4n) is 4.53. The molecule has 9 heteroatoms. The molecule has 1 aliphatic rings. The number of halogens is 2. The lowest BCUT2D eigenvalue weighted by atomic mass is 9.91. The van der Waals surface area contributed by atoms with E-state index in [4.69, 9.17) is 5.73 Å². The summed E-state index contributed by atoms with van der Waals surface area (Å²) in [6, 6.07) is 4.37. The van der Waals surface area contributed by atoms with Gasteiger partial charge in [-0.05, 0) is 77.4 Å². The van der Waals surface area contributed by atoms with Gasteiger partial charge in [-0.2, -0.15) is 4.98 Å². The quantitative estimate of drug-likeness (QED) is 0.560. The van der Waals surface area contributed by atoms with Gasteiger partial charge in [0.1, 0.15) is 23.0 Å². The van der Waals surface area contributed by atoms with Crippen LogP contribution in [0.3, 0.4) is 0 Å². The molecule has 2 aromatic heterocycles. The van der Waals surface area contributed by atoms with Crippen molar-refractivity contribution in [3.8, 4) is 11.1 Å². The van der Waals surface area contributed by atoms with Crippen LogP contribution in [0.4, 0.5) is 20.4 Å². The summed E-state index contributed by atoms with van der Waals surface area (Å²) in [6.45, 7) is 3.74. The van der Waals surface area contributed by atoms with Crippen LogP contribution in [-0.4, -0.2) is 45.6 Å². The summed E-state index contributed by atoms with van der Waals surface area (Å²) < 4.78 is 29.7. The summed E-state index contributed by atoms with van der Waals surface area (Å²) >= 11 is 0. The largest absolute Gasteiger partial charge is 0.394 e. The van der Waals surface area contributed by atoms with Crippen LogP contribution in [0.25, 0.3) is 22.2 Å². The van der Waals surface area contributed by atoms with Gasteiger partial charge >= 0.3 is 0 Å². The van der Waals surface area contributed by atoms with E-state index in [1.807, 2.05) is 13.8 Å². The molecule has 0 radical (unpaired) electrons. The highest BCUT2D eigenvalue weighted by molar-refractivity contribution is 5.82. The van der Waals surface area contributed by atoms with Crippen LogP contribution in [-0.2, 0) is 0 Å². The minimum atomic E-state index is -0.902. The minimum Gasteiger partial charge on any atom is -0.394 e. The lowest BCUT2D eigenvalue weighted by Gasteiger charge is -2.33. The maximum absolute atomic E-state index is 14.1. The first kappa shape index (κ1) is 23.1. The first-order chi connectivity index (χ1) is 15.7. The van der Waals surface area contributed by atoms with Crippen molar-refractivity contribution in [2.24, 2.45) is 0 Å². The number of hydrogen-bond acceptors (Lipinski definition) is 6.